The minimum Gasteiger partial charge on any atom is -0.548 e. The molecule has 3 aromatic carbocycles. The van der Waals surface area contributed by atoms with Crippen LogP contribution in [0.4, 0.5) is 5.69 Å². The molecule has 4 N–H and O–H groups in total. The van der Waals surface area contributed by atoms with Crippen molar-refractivity contribution in [3.63, 3.8) is 0 Å². The molecule has 4 rings (SSSR count). The molecular formula is C27H26ClN4O5-. The first-order valence-corrected chi connectivity index (χ1v) is 11.4. The third-order valence-corrected chi connectivity index (χ3v) is 5.99. The summed E-state index contributed by atoms with van der Waals surface area (Å²) in [6, 6.07) is 17.1. The van der Waals surface area contributed by atoms with E-state index in [4.69, 9.17) is 15.9 Å². The smallest absolute Gasteiger partial charge is 0.261 e. The minimum absolute atomic E-state index is 0. The van der Waals surface area contributed by atoms with Gasteiger partial charge in [-0.25, -0.2) is 0 Å². The molecule has 0 fully saturated rings. The summed E-state index contributed by atoms with van der Waals surface area (Å²) < 4.78 is 5.89. The highest BCUT2D eigenvalue weighted by atomic mass is 35.5. The number of fused-ring (bicyclic) bond motifs is 1. The highest BCUT2D eigenvalue weighted by molar-refractivity contribution is 6.21. The van der Waals surface area contributed by atoms with Gasteiger partial charge in [-0.3, -0.25) is 19.9 Å². The number of nitrogen functional groups attached to an aromatic ring is 1. The lowest BCUT2D eigenvalue weighted by molar-refractivity contribution is -0.307. The van der Waals surface area contributed by atoms with Crippen LogP contribution in [0.2, 0.25) is 0 Å². The monoisotopic (exact) mass is 521 g/mol. The molecule has 192 valence electrons. The summed E-state index contributed by atoms with van der Waals surface area (Å²) in [5.74, 6) is -1.93. The number of nitrogens with one attached hydrogen (secondary N) is 2. The predicted octanol–water partition coefficient (Wildman–Crippen LogP) is 2.53. The predicted molar refractivity (Wildman–Crippen MR) is 139 cm³/mol. The van der Waals surface area contributed by atoms with Gasteiger partial charge in [0.1, 0.15) is 18.2 Å². The van der Waals surface area contributed by atoms with E-state index in [2.05, 4.69) is 5.32 Å². The fourth-order valence-corrected chi connectivity index (χ4v) is 4.04. The molecule has 1 unspecified atom stereocenters. The van der Waals surface area contributed by atoms with Crippen molar-refractivity contribution in [1.82, 2.24) is 4.90 Å². The SMILES string of the molecule is CCc1ccc(OCCN2C(=O)c3ccccc3C2=O)c(C(Nc2ccc(C(=N)N)cc2)C(=O)[O-])c1.Cl. The highest BCUT2D eigenvalue weighted by Gasteiger charge is 2.34. The zero-order valence-electron chi connectivity index (χ0n) is 20.0. The van der Waals surface area contributed by atoms with Gasteiger partial charge in [0, 0.05) is 16.8 Å². The third-order valence-electron chi connectivity index (χ3n) is 5.99. The van der Waals surface area contributed by atoms with Gasteiger partial charge in [-0.2, -0.15) is 0 Å². The number of nitrogens with two attached hydrogens (primary N) is 1. The van der Waals surface area contributed by atoms with E-state index >= 15 is 0 Å². The fraction of sp³-hybridized carbons (Fsp3) is 0.185. The summed E-state index contributed by atoms with van der Waals surface area (Å²) >= 11 is 0. The number of carboxylic acid groups (broad SMARTS) is 1. The normalized spacial score (nSPS) is 12.9. The van der Waals surface area contributed by atoms with E-state index in [1.807, 2.05) is 13.0 Å². The molecule has 37 heavy (non-hydrogen) atoms. The van der Waals surface area contributed by atoms with Crippen LogP contribution in [0.3, 0.4) is 0 Å². The quantitative estimate of drug-likeness (QED) is 0.211. The maximum atomic E-state index is 12.6. The topological polar surface area (TPSA) is 149 Å². The van der Waals surface area contributed by atoms with Crippen LogP contribution in [0.5, 0.6) is 5.75 Å². The van der Waals surface area contributed by atoms with Crippen LogP contribution in [0.15, 0.2) is 66.7 Å². The molecule has 0 bridgehead atoms. The van der Waals surface area contributed by atoms with Crippen molar-refractivity contribution in [2.75, 3.05) is 18.5 Å². The van der Waals surface area contributed by atoms with Gasteiger partial charge in [0.2, 0.25) is 0 Å². The largest absolute Gasteiger partial charge is 0.548 e. The van der Waals surface area contributed by atoms with Crippen molar-refractivity contribution >= 4 is 41.7 Å². The molecule has 2 amide bonds. The Balaban J connectivity index is 0.00000380. The number of anilines is 1. The average Bonchev–Trinajstić information content (AvgIpc) is 3.12. The molecule has 0 saturated heterocycles. The summed E-state index contributed by atoms with van der Waals surface area (Å²) in [6.45, 7) is 1.94. The first-order chi connectivity index (χ1) is 17.3. The number of hydrogen-bond acceptors (Lipinski definition) is 7. The number of carbonyl (C=O) groups is 3. The van der Waals surface area contributed by atoms with Crippen molar-refractivity contribution < 1.29 is 24.2 Å². The first kappa shape index (κ1) is 27.2. The minimum atomic E-state index is -1.36. The van der Waals surface area contributed by atoms with E-state index < -0.39 is 12.0 Å². The molecule has 0 spiro atoms. The molecule has 1 aliphatic heterocycles. The van der Waals surface area contributed by atoms with Gasteiger partial charge in [-0.15, -0.1) is 12.4 Å². The van der Waals surface area contributed by atoms with E-state index in [0.717, 1.165) is 10.5 Å². The van der Waals surface area contributed by atoms with Gasteiger partial charge in [-0.05, 0) is 60.5 Å². The third kappa shape index (κ3) is 5.73. The Bertz CT molecular complexity index is 1310. The van der Waals surface area contributed by atoms with Gasteiger partial charge >= 0.3 is 0 Å². The van der Waals surface area contributed by atoms with Crippen molar-refractivity contribution in [1.29, 1.82) is 5.41 Å². The number of aliphatic carboxylic acids is 1. The molecular weight excluding hydrogens is 496 g/mol. The lowest BCUT2D eigenvalue weighted by atomic mass is 10.0. The second-order valence-corrected chi connectivity index (χ2v) is 8.27. The van der Waals surface area contributed by atoms with Crippen molar-refractivity contribution in [3.05, 3.63) is 94.5 Å². The number of hydrogen-bond donors (Lipinski definition) is 3. The highest BCUT2D eigenvalue weighted by Crippen LogP contribution is 2.30. The lowest BCUT2D eigenvalue weighted by Gasteiger charge is -2.25. The molecule has 10 heteroatoms. The number of ether oxygens (including phenoxy) is 1. The van der Waals surface area contributed by atoms with Crippen LogP contribution in [0.25, 0.3) is 0 Å². The van der Waals surface area contributed by atoms with Crippen molar-refractivity contribution in [3.8, 4) is 5.75 Å². The van der Waals surface area contributed by atoms with Gasteiger partial charge in [-0.1, -0.05) is 25.1 Å². The summed E-state index contributed by atoms with van der Waals surface area (Å²) in [7, 11) is 0. The number of rotatable bonds is 10. The fourth-order valence-electron chi connectivity index (χ4n) is 4.04. The number of benzene rings is 3. The van der Waals surface area contributed by atoms with Crippen LogP contribution >= 0.6 is 12.4 Å². The molecule has 9 nitrogen and oxygen atoms in total. The van der Waals surface area contributed by atoms with Crippen LogP contribution < -0.4 is 20.9 Å². The zero-order chi connectivity index (χ0) is 25.8. The summed E-state index contributed by atoms with van der Waals surface area (Å²) in [4.78, 5) is 38.5. The van der Waals surface area contributed by atoms with Crippen molar-refractivity contribution in [2.45, 2.75) is 19.4 Å². The lowest BCUT2D eigenvalue weighted by Crippen LogP contribution is -2.35. The Hall–Kier alpha value is -4.37. The Morgan fingerprint density at radius 3 is 2.22 bits per heavy atom. The van der Waals surface area contributed by atoms with E-state index in [-0.39, 0.29) is 43.2 Å². The van der Waals surface area contributed by atoms with E-state index in [1.54, 1.807) is 60.7 Å². The molecule has 0 radical (unpaired) electrons. The zero-order valence-corrected chi connectivity index (χ0v) is 20.8. The van der Waals surface area contributed by atoms with E-state index in [9.17, 15) is 19.5 Å². The Morgan fingerprint density at radius 1 is 1.05 bits per heavy atom. The number of carbonyl (C=O) groups excluding carboxylic acids is 3. The maximum Gasteiger partial charge on any atom is 0.261 e. The molecule has 3 aromatic rings. The summed E-state index contributed by atoms with van der Waals surface area (Å²) in [5.41, 5.74) is 8.45. The number of amides is 2. The van der Waals surface area contributed by atoms with Gasteiger partial charge < -0.3 is 25.7 Å². The number of nitrogens with zero attached hydrogens (tertiary/aromatic N) is 1. The number of aryl methyl sites for hydroxylation is 1. The van der Waals surface area contributed by atoms with Gasteiger partial charge in [0.05, 0.1) is 29.7 Å². The summed E-state index contributed by atoms with van der Waals surface area (Å²) in [6.07, 6.45) is 0.676. The Morgan fingerprint density at radius 2 is 1.68 bits per heavy atom. The van der Waals surface area contributed by atoms with Crippen LogP contribution in [0.1, 0.15) is 50.4 Å². The first-order valence-electron chi connectivity index (χ1n) is 11.4. The average molecular weight is 522 g/mol. The number of amidine groups is 1. The second kappa shape index (κ2) is 11.6. The molecule has 0 aromatic heterocycles. The summed E-state index contributed by atoms with van der Waals surface area (Å²) in [5, 5.41) is 22.6. The number of imide groups is 1. The van der Waals surface area contributed by atoms with Gasteiger partial charge in [0.15, 0.2) is 0 Å². The number of carboxylic acids is 1. The Kier molecular flexibility index (Phi) is 8.52. The molecule has 1 aliphatic rings. The standard InChI is InChI=1S/C27H26N4O5.ClH/c1-2-16-7-12-22(36-14-13-31-25(32)19-5-3-4-6-20(19)26(31)33)21(15-16)23(27(34)35)30-18-10-8-17(9-11-18)24(28)29;/h3-12,15,23,30H,2,13-14H2,1H3,(H3,28,29)(H,34,35);1H/p-1. The molecule has 0 aliphatic carbocycles. The number of halogens is 1. The van der Waals surface area contributed by atoms with Crippen LogP contribution in [0, 0.1) is 5.41 Å². The second-order valence-electron chi connectivity index (χ2n) is 8.27. The van der Waals surface area contributed by atoms with Crippen LogP contribution in [-0.4, -0.2) is 41.7 Å². The molecule has 0 saturated carbocycles. The van der Waals surface area contributed by atoms with E-state index in [0.29, 0.717) is 40.1 Å². The van der Waals surface area contributed by atoms with Gasteiger partial charge in [0.25, 0.3) is 11.8 Å². The molecule has 1 atom stereocenters. The maximum absolute atomic E-state index is 12.6. The van der Waals surface area contributed by atoms with Crippen molar-refractivity contribution in [2.24, 2.45) is 5.73 Å². The van der Waals surface area contributed by atoms with Crippen LogP contribution in [-0.2, 0) is 11.2 Å². The Labute approximate surface area is 220 Å². The molecule has 1 heterocycles. The van der Waals surface area contributed by atoms with E-state index in [1.165, 1.54) is 0 Å².